The number of rotatable bonds is 9. The Labute approximate surface area is 158 Å². The molecule has 0 aromatic heterocycles. The molecule has 0 aliphatic heterocycles. The third-order valence-corrected chi connectivity index (χ3v) is 3.89. The highest BCUT2D eigenvalue weighted by Gasteiger charge is 2.09. The Kier molecular flexibility index (Phi) is 7.96. The van der Waals surface area contributed by atoms with Crippen LogP contribution in [0.15, 0.2) is 48.5 Å². The number of para-hydroxylation sites is 1. The molecule has 0 spiro atoms. The number of unbranched alkanes of at least 4 members (excludes halogenated alkanes) is 2. The molecule has 138 valence electrons. The maximum absolute atomic E-state index is 11.9. The van der Waals surface area contributed by atoms with Crippen molar-refractivity contribution in [1.29, 1.82) is 0 Å². The molecule has 0 unspecified atom stereocenters. The smallest absolute Gasteiger partial charge is 0.338 e. The maximum Gasteiger partial charge on any atom is 0.338 e. The van der Waals surface area contributed by atoms with E-state index in [1.807, 2.05) is 0 Å². The van der Waals surface area contributed by atoms with Gasteiger partial charge in [-0.1, -0.05) is 43.5 Å². The fourth-order valence-electron chi connectivity index (χ4n) is 2.19. The van der Waals surface area contributed by atoms with E-state index in [9.17, 15) is 9.59 Å². The van der Waals surface area contributed by atoms with Crippen molar-refractivity contribution >= 4 is 29.2 Å². The summed E-state index contributed by atoms with van der Waals surface area (Å²) in [6.07, 6.45) is 2.97. The second kappa shape index (κ2) is 10.5. The molecule has 0 saturated heterocycles. The Hall–Kier alpha value is -2.53. The van der Waals surface area contributed by atoms with E-state index < -0.39 is 0 Å². The lowest BCUT2D eigenvalue weighted by Crippen LogP contribution is -2.20. The van der Waals surface area contributed by atoms with E-state index >= 15 is 0 Å². The topological polar surface area (TPSA) is 64.6 Å². The van der Waals surface area contributed by atoms with Crippen LogP contribution in [0.1, 0.15) is 36.5 Å². The highest BCUT2D eigenvalue weighted by atomic mass is 35.5. The van der Waals surface area contributed by atoms with Gasteiger partial charge in [0, 0.05) is 5.69 Å². The van der Waals surface area contributed by atoms with Crippen molar-refractivity contribution in [2.24, 2.45) is 0 Å². The summed E-state index contributed by atoms with van der Waals surface area (Å²) in [5.74, 6) is -0.230. The lowest BCUT2D eigenvalue weighted by molar-refractivity contribution is -0.118. The Bertz CT molecular complexity index is 731. The molecule has 1 amide bonds. The molecular formula is C20H22ClNO4. The summed E-state index contributed by atoms with van der Waals surface area (Å²) in [5.41, 5.74) is 1.02. The van der Waals surface area contributed by atoms with Crippen molar-refractivity contribution in [3.8, 4) is 5.75 Å². The van der Waals surface area contributed by atoms with E-state index in [0.29, 0.717) is 28.6 Å². The van der Waals surface area contributed by atoms with Crippen molar-refractivity contribution in [2.45, 2.75) is 26.2 Å². The minimum Gasteiger partial charge on any atom is -0.482 e. The Morgan fingerprint density at radius 2 is 1.77 bits per heavy atom. The Morgan fingerprint density at radius 3 is 2.46 bits per heavy atom. The Morgan fingerprint density at radius 1 is 1.04 bits per heavy atom. The first kappa shape index (κ1) is 19.8. The average molecular weight is 376 g/mol. The van der Waals surface area contributed by atoms with Gasteiger partial charge in [0.2, 0.25) is 0 Å². The fraction of sp³-hybridized carbons (Fsp3) is 0.300. The van der Waals surface area contributed by atoms with Crippen LogP contribution < -0.4 is 10.1 Å². The summed E-state index contributed by atoms with van der Waals surface area (Å²) in [6.45, 7) is 2.35. The number of esters is 1. The molecule has 0 atom stereocenters. The zero-order valence-electron chi connectivity index (χ0n) is 14.7. The number of nitrogens with one attached hydrogen (secondary N) is 1. The molecule has 0 aliphatic carbocycles. The first-order valence-electron chi connectivity index (χ1n) is 8.54. The summed E-state index contributed by atoms with van der Waals surface area (Å²) in [4.78, 5) is 23.8. The van der Waals surface area contributed by atoms with Crippen LogP contribution in [0.4, 0.5) is 5.69 Å². The van der Waals surface area contributed by atoms with Crippen LogP contribution >= 0.6 is 11.6 Å². The standard InChI is InChI=1S/C20H22ClNO4/c1-2-3-6-13-25-20(24)15-9-11-16(12-10-15)22-19(23)14-26-18-8-5-4-7-17(18)21/h4-5,7-12H,2-3,6,13-14H2,1H3,(H,22,23). The molecule has 0 bridgehead atoms. The first-order valence-corrected chi connectivity index (χ1v) is 8.92. The molecule has 0 saturated carbocycles. The predicted octanol–water partition coefficient (Wildman–Crippen LogP) is 4.70. The van der Waals surface area contributed by atoms with Gasteiger partial charge < -0.3 is 14.8 Å². The number of hydrogen-bond donors (Lipinski definition) is 1. The summed E-state index contributed by atoms with van der Waals surface area (Å²) in [6, 6.07) is 13.5. The highest BCUT2D eigenvalue weighted by Crippen LogP contribution is 2.23. The zero-order chi connectivity index (χ0) is 18.8. The van der Waals surface area contributed by atoms with Gasteiger partial charge in [-0.2, -0.15) is 0 Å². The number of carbonyl (C=O) groups excluding carboxylic acids is 2. The highest BCUT2D eigenvalue weighted by molar-refractivity contribution is 6.32. The van der Waals surface area contributed by atoms with E-state index in [-0.39, 0.29) is 18.5 Å². The molecule has 0 aliphatic rings. The first-order chi connectivity index (χ1) is 12.6. The SMILES string of the molecule is CCCCCOC(=O)c1ccc(NC(=O)COc2ccccc2Cl)cc1. The van der Waals surface area contributed by atoms with Crippen molar-refractivity contribution < 1.29 is 19.1 Å². The summed E-state index contributed by atoms with van der Waals surface area (Å²) < 4.78 is 10.6. The van der Waals surface area contributed by atoms with Crippen LogP contribution in [0.25, 0.3) is 0 Å². The summed E-state index contributed by atoms with van der Waals surface area (Å²) in [7, 11) is 0. The van der Waals surface area contributed by atoms with Gasteiger partial charge in [-0.15, -0.1) is 0 Å². The van der Waals surface area contributed by atoms with Gasteiger partial charge in [0.15, 0.2) is 6.61 Å². The summed E-state index contributed by atoms with van der Waals surface area (Å²) >= 11 is 5.97. The van der Waals surface area contributed by atoms with Crippen molar-refractivity contribution in [3.63, 3.8) is 0 Å². The second-order valence-electron chi connectivity index (χ2n) is 5.69. The van der Waals surface area contributed by atoms with Crippen LogP contribution in [0.2, 0.25) is 5.02 Å². The van der Waals surface area contributed by atoms with Gasteiger partial charge in [-0.05, 0) is 42.8 Å². The quantitative estimate of drug-likeness (QED) is 0.509. The van der Waals surface area contributed by atoms with Crippen LogP contribution in [0.3, 0.4) is 0 Å². The van der Waals surface area contributed by atoms with Crippen LogP contribution in [0.5, 0.6) is 5.75 Å². The van der Waals surface area contributed by atoms with Crippen LogP contribution in [-0.4, -0.2) is 25.1 Å². The van der Waals surface area contributed by atoms with Crippen molar-refractivity contribution in [2.75, 3.05) is 18.5 Å². The number of anilines is 1. The Balaban J connectivity index is 1.80. The molecular weight excluding hydrogens is 354 g/mol. The molecule has 26 heavy (non-hydrogen) atoms. The second-order valence-corrected chi connectivity index (χ2v) is 6.09. The molecule has 6 heteroatoms. The normalized spacial score (nSPS) is 10.2. The predicted molar refractivity (Wildman–Crippen MR) is 102 cm³/mol. The lowest BCUT2D eigenvalue weighted by atomic mass is 10.2. The minimum atomic E-state index is -0.360. The van der Waals surface area contributed by atoms with E-state index in [2.05, 4.69) is 12.2 Å². The number of ether oxygens (including phenoxy) is 2. The number of halogens is 1. The third kappa shape index (κ3) is 6.41. The number of carbonyl (C=O) groups is 2. The van der Waals surface area contributed by atoms with E-state index in [1.54, 1.807) is 48.5 Å². The largest absolute Gasteiger partial charge is 0.482 e. The van der Waals surface area contributed by atoms with E-state index in [4.69, 9.17) is 21.1 Å². The molecule has 2 aromatic carbocycles. The molecule has 1 N–H and O–H groups in total. The molecule has 2 aromatic rings. The minimum absolute atomic E-state index is 0.162. The molecule has 2 rings (SSSR count). The third-order valence-electron chi connectivity index (χ3n) is 3.58. The van der Waals surface area contributed by atoms with Crippen LogP contribution in [-0.2, 0) is 9.53 Å². The van der Waals surface area contributed by atoms with Gasteiger partial charge >= 0.3 is 5.97 Å². The number of amides is 1. The number of benzene rings is 2. The zero-order valence-corrected chi connectivity index (χ0v) is 15.4. The van der Waals surface area contributed by atoms with Gasteiger partial charge in [-0.25, -0.2) is 4.79 Å². The van der Waals surface area contributed by atoms with Crippen molar-refractivity contribution in [1.82, 2.24) is 0 Å². The van der Waals surface area contributed by atoms with Gasteiger partial charge in [0.25, 0.3) is 5.91 Å². The van der Waals surface area contributed by atoms with Crippen molar-refractivity contribution in [3.05, 3.63) is 59.1 Å². The molecule has 0 fully saturated rings. The van der Waals surface area contributed by atoms with Gasteiger partial charge in [-0.3, -0.25) is 4.79 Å². The van der Waals surface area contributed by atoms with Gasteiger partial charge in [0.05, 0.1) is 17.2 Å². The lowest BCUT2D eigenvalue weighted by Gasteiger charge is -2.09. The molecule has 0 radical (unpaired) electrons. The van der Waals surface area contributed by atoms with E-state index in [0.717, 1.165) is 19.3 Å². The maximum atomic E-state index is 11.9. The van der Waals surface area contributed by atoms with Crippen LogP contribution in [0, 0.1) is 0 Å². The fourth-order valence-corrected chi connectivity index (χ4v) is 2.38. The monoisotopic (exact) mass is 375 g/mol. The summed E-state index contributed by atoms with van der Waals surface area (Å²) in [5, 5.41) is 3.14. The molecule has 0 heterocycles. The van der Waals surface area contributed by atoms with Gasteiger partial charge in [0.1, 0.15) is 5.75 Å². The average Bonchev–Trinajstić information content (AvgIpc) is 2.65. The van der Waals surface area contributed by atoms with E-state index in [1.165, 1.54) is 0 Å². The molecule has 5 nitrogen and oxygen atoms in total. The number of hydrogen-bond acceptors (Lipinski definition) is 4.